The maximum absolute atomic E-state index is 9.51. The summed E-state index contributed by atoms with van der Waals surface area (Å²) in [6, 6.07) is 0.361. The molecule has 0 heterocycles. The molecule has 0 spiro atoms. The Morgan fingerprint density at radius 2 is 2.33 bits per heavy atom. The first kappa shape index (κ1) is 10.4. The number of hydrogen-bond donors (Lipinski definition) is 2. The van der Waals surface area contributed by atoms with Crippen LogP contribution in [0.3, 0.4) is 0 Å². The number of aliphatic hydroxyl groups excluding tert-OH is 1. The van der Waals surface area contributed by atoms with E-state index in [1.165, 1.54) is 6.42 Å². The summed E-state index contributed by atoms with van der Waals surface area (Å²) in [5, 5.41) is 13.6. The van der Waals surface area contributed by atoms with Gasteiger partial charge in [-0.3, -0.25) is 0 Å². The van der Waals surface area contributed by atoms with Crippen LogP contribution in [-0.4, -0.2) is 35.3 Å². The third kappa shape index (κ3) is 2.96. The van der Waals surface area contributed by atoms with Crippen LogP contribution in [0.25, 0.3) is 0 Å². The van der Waals surface area contributed by atoms with Gasteiger partial charge in [0.1, 0.15) is 0 Å². The molecule has 0 aromatic heterocycles. The van der Waals surface area contributed by atoms with Crippen LogP contribution in [0.1, 0.15) is 26.2 Å². The second-order valence-electron chi connectivity index (χ2n) is 3.56. The average molecular weight is 189 g/mol. The minimum Gasteiger partial charge on any atom is -0.392 e. The van der Waals surface area contributed by atoms with Gasteiger partial charge in [0.05, 0.1) is 6.10 Å². The van der Waals surface area contributed by atoms with Crippen molar-refractivity contribution < 1.29 is 5.11 Å². The number of aliphatic hydroxyl groups is 1. The maximum atomic E-state index is 9.51. The molecule has 1 saturated carbocycles. The second-order valence-corrected chi connectivity index (χ2v) is 4.84. The Morgan fingerprint density at radius 1 is 1.58 bits per heavy atom. The van der Waals surface area contributed by atoms with Gasteiger partial charge < -0.3 is 10.4 Å². The molecule has 0 amide bonds. The molecule has 0 aromatic rings. The van der Waals surface area contributed by atoms with Crippen molar-refractivity contribution in [3.8, 4) is 0 Å². The Hall–Kier alpha value is 0.270. The van der Waals surface area contributed by atoms with Crippen molar-refractivity contribution in [1.82, 2.24) is 5.32 Å². The standard InChI is InChI=1S/C9H19NOS/c1-7(12-2)6-10-8-4-3-5-9(8)11/h7-11H,3-6H2,1-2H3/t7?,8-,9-/m0/s1. The lowest BCUT2D eigenvalue weighted by Crippen LogP contribution is -2.38. The Kier molecular flexibility index (Phi) is 4.40. The fourth-order valence-corrected chi connectivity index (χ4v) is 1.84. The Bertz CT molecular complexity index is 132. The predicted octanol–water partition coefficient (Wildman–Crippen LogP) is 1.24. The van der Waals surface area contributed by atoms with Gasteiger partial charge in [-0.1, -0.05) is 6.92 Å². The van der Waals surface area contributed by atoms with Gasteiger partial charge in [0.25, 0.3) is 0 Å². The molecular weight excluding hydrogens is 170 g/mol. The molecular formula is C9H19NOS. The lowest BCUT2D eigenvalue weighted by Gasteiger charge is -2.18. The molecule has 0 aromatic carbocycles. The van der Waals surface area contributed by atoms with Gasteiger partial charge in [-0.25, -0.2) is 0 Å². The predicted molar refractivity (Wildman–Crippen MR) is 54.6 cm³/mol. The molecule has 0 saturated heterocycles. The summed E-state index contributed by atoms with van der Waals surface area (Å²) in [7, 11) is 0. The number of thioether (sulfide) groups is 1. The quantitative estimate of drug-likeness (QED) is 0.698. The lowest BCUT2D eigenvalue weighted by atomic mass is 10.2. The lowest BCUT2D eigenvalue weighted by molar-refractivity contribution is 0.149. The van der Waals surface area contributed by atoms with E-state index in [1.807, 2.05) is 11.8 Å². The Morgan fingerprint density at radius 3 is 2.83 bits per heavy atom. The van der Waals surface area contributed by atoms with Crippen LogP contribution in [0.2, 0.25) is 0 Å². The van der Waals surface area contributed by atoms with Crippen LogP contribution in [0.4, 0.5) is 0 Å². The monoisotopic (exact) mass is 189 g/mol. The third-order valence-electron chi connectivity index (χ3n) is 2.55. The van der Waals surface area contributed by atoms with Gasteiger partial charge in [0, 0.05) is 17.8 Å². The smallest absolute Gasteiger partial charge is 0.0693 e. The molecule has 0 aliphatic heterocycles. The topological polar surface area (TPSA) is 32.3 Å². The van der Waals surface area contributed by atoms with Crippen LogP contribution in [0, 0.1) is 0 Å². The Balaban J connectivity index is 2.13. The summed E-state index contributed by atoms with van der Waals surface area (Å²) < 4.78 is 0. The largest absolute Gasteiger partial charge is 0.392 e. The van der Waals surface area contributed by atoms with Crippen LogP contribution >= 0.6 is 11.8 Å². The highest BCUT2D eigenvalue weighted by molar-refractivity contribution is 7.99. The molecule has 2 nitrogen and oxygen atoms in total. The van der Waals surface area contributed by atoms with E-state index < -0.39 is 0 Å². The molecule has 72 valence electrons. The molecule has 1 fully saturated rings. The number of rotatable bonds is 4. The van der Waals surface area contributed by atoms with Crippen molar-refractivity contribution in [2.75, 3.05) is 12.8 Å². The number of hydrogen-bond acceptors (Lipinski definition) is 3. The highest BCUT2D eigenvalue weighted by Gasteiger charge is 2.24. The maximum Gasteiger partial charge on any atom is 0.0693 e. The summed E-state index contributed by atoms with van der Waals surface area (Å²) in [4.78, 5) is 0. The van der Waals surface area contributed by atoms with Gasteiger partial charge in [0.2, 0.25) is 0 Å². The molecule has 0 bridgehead atoms. The fraction of sp³-hybridized carbons (Fsp3) is 1.00. The van der Waals surface area contributed by atoms with Crippen LogP contribution in [0.5, 0.6) is 0 Å². The SMILES string of the molecule is CSC(C)CN[C@H]1CCC[C@@H]1O. The molecule has 2 N–H and O–H groups in total. The normalized spacial score (nSPS) is 32.2. The highest BCUT2D eigenvalue weighted by Crippen LogP contribution is 2.19. The van der Waals surface area contributed by atoms with Gasteiger partial charge in [-0.05, 0) is 25.5 Å². The van der Waals surface area contributed by atoms with Crippen molar-refractivity contribution in [3.05, 3.63) is 0 Å². The van der Waals surface area contributed by atoms with E-state index in [9.17, 15) is 5.11 Å². The first-order valence-electron chi connectivity index (χ1n) is 4.68. The molecule has 3 heteroatoms. The highest BCUT2D eigenvalue weighted by atomic mass is 32.2. The minimum atomic E-state index is -0.0981. The van der Waals surface area contributed by atoms with Gasteiger partial charge in [-0.15, -0.1) is 0 Å². The van der Waals surface area contributed by atoms with Crippen LogP contribution in [-0.2, 0) is 0 Å². The van der Waals surface area contributed by atoms with Crippen molar-refractivity contribution >= 4 is 11.8 Å². The Labute approximate surface area is 79.1 Å². The molecule has 1 aliphatic rings. The van der Waals surface area contributed by atoms with Crippen molar-refractivity contribution in [2.24, 2.45) is 0 Å². The van der Waals surface area contributed by atoms with Crippen molar-refractivity contribution in [2.45, 2.75) is 43.6 Å². The first-order valence-corrected chi connectivity index (χ1v) is 5.97. The molecule has 3 atom stereocenters. The average Bonchev–Trinajstić information content (AvgIpc) is 2.47. The van der Waals surface area contributed by atoms with E-state index in [0.717, 1.165) is 19.4 Å². The molecule has 1 unspecified atom stereocenters. The molecule has 1 aliphatic carbocycles. The summed E-state index contributed by atoms with van der Waals surface area (Å²) in [5.41, 5.74) is 0. The van der Waals surface area contributed by atoms with E-state index in [2.05, 4.69) is 18.5 Å². The van der Waals surface area contributed by atoms with Crippen molar-refractivity contribution in [1.29, 1.82) is 0 Å². The molecule has 0 radical (unpaired) electrons. The van der Waals surface area contributed by atoms with E-state index in [-0.39, 0.29) is 6.10 Å². The fourth-order valence-electron chi connectivity index (χ4n) is 1.58. The van der Waals surface area contributed by atoms with E-state index in [0.29, 0.717) is 11.3 Å². The minimum absolute atomic E-state index is 0.0981. The third-order valence-corrected chi connectivity index (χ3v) is 3.52. The summed E-state index contributed by atoms with van der Waals surface area (Å²) >= 11 is 1.87. The zero-order chi connectivity index (χ0) is 8.97. The van der Waals surface area contributed by atoms with Gasteiger partial charge in [-0.2, -0.15) is 11.8 Å². The zero-order valence-corrected chi connectivity index (χ0v) is 8.73. The summed E-state index contributed by atoms with van der Waals surface area (Å²) in [6.07, 6.45) is 5.32. The second kappa shape index (κ2) is 5.10. The first-order chi connectivity index (χ1) is 5.74. The molecule has 1 rings (SSSR count). The van der Waals surface area contributed by atoms with E-state index in [1.54, 1.807) is 0 Å². The molecule has 12 heavy (non-hydrogen) atoms. The van der Waals surface area contributed by atoms with Gasteiger partial charge >= 0.3 is 0 Å². The zero-order valence-electron chi connectivity index (χ0n) is 7.92. The van der Waals surface area contributed by atoms with E-state index >= 15 is 0 Å². The summed E-state index contributed by atoms with van der Waals surface area (Å²) in [5.74, 6) is 0. The summed E-state index contributed by atoms with van der Waals surface area (Å²) in [6.45, 7) is 3.22. The van der Waals surface area contributed by atoms with Crippen LogP contribution < -0.4 is 5.32 Å². The van der Waals surface area contributed by atoms with Crippen molar-refractivity contribution in [3.63, 3.8) is 0 Å². The van der Waals surface area contributed by atoms with Gasteiger partial charge in [0.15, 0.2) is 0 Å². The van der Waals surface area contributed by atoms with E-state index in [4.69, 9.17) is 0 Å². The van der Waals surface area contributed by atoms with Crippen LogP contribution in [0.15, 0.2) is 0 Å². The number of nitrogens with one attached hydrogen (secondary N) is 1.